The van der Waals surface area contributed by atoms with Crippen molar-refractivity contribution in [3.8, 4) is 0 Å². The molecule has 7 heteroatoms. The highest BCUT2D eigenvalue weighted by Crippen LogP contribution is 2.17. The average Bonchev–Trinajstić information content (AvgIpc) is 2.73. The van der Waals surface area contributed by atoms with Crippen LogP contribution in [0.25, 0.3) is 0 Å². The molecule has 1 aromatic rings. The molecule has 1 heterocycles. The van der Waals surface area contributed by atoms with Gasteiger partial charge >= 0.3 is 6.03 Å². The fourth-order valence-electron chi connectivity index (χ4n) is 2.52. The van der Waals surface area contributed by atoms with Gasteiger partial charge < -0.3 is 20.7 Å². The van der Waals surface area contributed by atoms with E-state index in [9.17, 15) is 9.59 Å². The van der Waals surface area contributed by atoms with Gasteiger partial charge in [-0.3, -0.25) is 4.79 Å². The van der Waals surface area contributed by atoms with Gasteiger partial charge in [0.1, 0.15) is 6.04 Å². The van der Waals surface area contributed by atoms with Crippen molar-refractivity contribution >= 4 is 23.5 Å². The molecule has 6 nitrogen and oxygen atoms in total. The van der Waals surface area contributed by atoms with Gasteiger partial charge in [0.25, 0.3) is 0 Å². The molecular weight excluding hydrogens is 318 g/mol. The number of hydrogen-bond acceptors (Lipinski definition) is 3. The van der Waals surface area contributed by atoms with Crippen molar-refractivity contribution in [2.75, 3.05) is 20.3 Å². The number of rotatable bonds is 5. The molecule has 0 aromatic heterocycles. The Labute approximate surface area is 140 Å². The molecule has 0 saturated carbocycles. The lowest BCUT2D eigenvalue weighted by Crippen LogP contribution is -2.50. The molecule has 2 unspecified atom stereocenters. The third-order valence-electron chi connectivity index (χ3n) is 3.75. The molecule has 1 aliphatic heterocycles. The molecule has 1 aliphatic rings. The van der Waals surface area contributed by atoms with Crippen LogP contribution in [0.1, 0.15) is 30.9 Å². The molecule has 1 saturated heterocycles. The van der Waals surface area contributed by atoms with Gasteiger partial charge in [-0.25, -0.2) is 4.79 Å². The third kappa shape index (κ3) is 5.41. The van der Waals surface area contributed by atoms with Gasteiger partial charge in [0.2, 0.25) is 5.91 Å². The summed E-state index contributed by atoms with van der Waals surface area (Å²) in [6.45, 7) is 0.988. The zero-order valence-electron chi connectivity index (χ0n) is 13.1. The van der Waals surface area contributed by atoms with E-state index in [-0.39, 0.29) is 18.0 Å². The highest BCUT2D eigenvalue weighted by atomic mass is 35.5. The predicted octanol–water partition coefficient (Wildman–Crippen LogP) is 2.00. The minimum Gasteiger partial charge on any atom is -0.382 e. The van der Waals surface area contributed by atoms with E-state index in [4.69, 9.17) is 16.3 Å². The van der Waals surface area contributed by atoms with Crippen molar-refractivity contribution in [1.29, 1.82) is 0 Å². The summed E-state index contributed by atoms with van der Waals surface area (Å²) in [4.78, 5) is 24.1. The van der Waals surface area contributed by atoms with Crippen LogP contribution in [0.3, 0.4) is 0 Å². The first-order valence-electron chi connectivity index (χ1n) is 7.69. The Balaban J connectivity index is 1.97. The summed E-state index contributed by atoms with van der Waals surface area (Å²) >= 11 is 5.88. The number of carbonyl (C=O) groups excluding carboxylic acids is 2. The highest BCUT2D eigenvalue weighted by molar-refractivity contribution is 6.30. The number of hydrogen-bond donors (Lipinski definition) is 3. The number of ether oxygens (including phenoxy) is 1. The monoisotopic (exact) mass is 339 g/mol. The molecule has 0 radical (unpaired) electrons. The molecular formula is C16H22ClN3O3. The normalized spacial score (nSPS) is 19.4. The van der Waals surface area contributed by atoms with Gasteiger partial charge in [0.05, 0.1) is 12.6 Å². The van der Waals surface area contributed by atoms with Crippen LogP contribution in [-0.2, 0) is 9.53 Å². The average molecular weight is 340 g/mol. The van der Waals surface area contributed by atoms with Gasteiger partial charge in [-0.15, -0.1) is 0 Å². The zero-order chi connectivity index (χ0) is 16.7. The first-order chi connectivity index (χ1) is 11.1. The smallest absolute Gasteiger partial charge is 0.316 e. The number of carbonyl (C=O) groups is 2. The Hall–Kier alpha value is -1.79. The summed E-state index contributed by atoms with van der Waals surface area (Å²) in [5.41, 5.74) is 0.886. The number of urea groups is 1. The Kier molecular flexibility index (Phi) is 6.67. The fourth-order valence-corrected chi connectivity index (χ4v) is 2.64. The van der Waals surface area contributed by atoms with E-state index >= 15 is 0 Å². The van der Waals surface area contributed by atoms with Crippen LogP contribution in [-0.4, -0.2) is 38.2 Å². The van der Waals surface area contributed by atoms with Crippen LogP contribution in [0.5, 0.6) is 0 Å². The molecule has 3 N–H and O–H groups in total. The second-order valence-corrected chi connectivity index (χ2v) is 5.95. The Morgan fingerprint density at radius 1 is 1.39 bits per heavy atom. The summed E-state index contributed by atoms with van der Waals surface area (Å²) in [5, 5.41) is 9.00. The van der Waals surface area contributed by atoms with Gasteiger partial charge in [0, 0.05) is 18.7 Å². The Morgan fingerprint density at radius 3 is 2.83 bits per heavy atom. The van der Waals surface area contributed by atoms with E-state index in [0.29, 0.717) is 24.6 Å². The Morgan fingerprint density at radius 2 is 2.13 bits per heavy atom. The largest absolute Gasteiger partial charge is 0.382 e. The summed E-state index contributed by atoms with van der Waals surface area (Å²) in [6.07, 6.45) is 2.49. The summed E-state index contributed by atoms with van der Waals surface area (Å²) in [6, 6.07) is 6.01. The van der Waals surface area contributed by atoms with E-state index in [1.807, 2.05) is 12.1 Å². The first kappa shape index (κ1) is 17.6. The van der Waals surface area contributed by atoms with Crippen LogP contribution >= 0.6 is 11.6 Å². The van der Waals surface area contributed by atoms with E-state index in [1.54, 1.807) is 19.2 Å². The summed E-state index contributed by atoms with van der Waals surface area (Å²) < 4.78 is 5.17. The van der Waals surface area contributed by atoms with Crippen molar-refractivity contribution < 1.29 is 14.3 Å². The number of methoxy groups -OCH3 is 1. The molecule has 0 aliphatic carbocycles. The van der Waals surface area contributed by atoms with Gasteiger partial charge in [-0.1, -0.05) is 23.7 Å². The molecule has 1 fully saturated rings. The van der Waals surface area contributed by atoms with Gasteiger partial charge in [-0.2, -0.15) is 0 Å². The minimum absolute atomic E-state index is 0.132. The van der Waals surface area contributed by atoms with E-state index in [2.05, 4.69) is 16.0 Å². The molecule has 3 amide bonds. The Bertz CT molecular complexity index is 536. The second-order valence-electron chi connectivity index (χ2n) is 5.52. The van der Waals surface area contributed by atoms with Crippen molar-refractivity contribution in [2.24, 2.45) is 0 Å². The first-order valence-corrected chi connectivity index (χ1v) is 8.07. The summed E-state index contributed by atoms with van der Waals surface area (Å²) in [5.74, 6) is -0.132. The topological polar surface area (TPSA) is 79.5 Å². The maximum Gasteiger partial charge on any atom is 0.316 e. The van der Waals surface area contributed by atoms with E-state index in [0.717, 1.165) is 18.4 Å². The van der Waals surface area contributed by atoms with Crippen molar-refractivity contribution in [3.05, 3.63) is 34.9 Å². The lowest BCUT2D eigenvalue weighted by atomic mass is 10.1. The maximum atomic E-state index is 12.2. The number of nitrogens with one attached hydrogen (secondary N) is 3. The second kappa shape index (κ2) is 8.74. The van der Waals surface area contributed by atoms with Crippen molar-refractivity contribution in [1.82, 2.24) is 16.0 Å². The van der Waals surface area contributed by atoms with Crippen LogP contribution in [0.2, 0.25) is 5.02 Å². The lowest BCUT2D eigenvalue weighted by molar-refractivity contribution is -0.122. The molecule has 23 heavy (non-hydrogen) atoms. The summed E-state index contributed by atoms with van der Waals surface area (Å²) in [7, 11) is 1.57. The van der Waals surface area contributed by atoms with Crippen LogP contribution in [0.15, 0.2) is 24.3 Å². The molecule has 2 atom stereocenters. The number of amides is 3. The quantitative estimate of drug-likeness (QED) is 0.767. The number of halogens is 1. The molecule has 1 aromatic carbocycles. The minimum atomic E-state index is -0.495. The van der Waals surface area contributed by atoms with Crippen LogP contribution in [0, 0.1) is 0 Å². The third-order valence-corrected chi connectivity index (χ3v) is 4.00. The number of benzene rings is 1. The molecule has 2 rings (SSSR count). The van der Waals surface area contributed by atoms with Crippen LogP contribution < -0.4 is 16.0 Å². The molecule has 0 bridgehead atoms. The van der Waals surface area contributed by atoms with Gasteiger partial charge in [0.15, 0.2) is 0 Å². The molecule has 126 valence electrons. The highest BCUT2D eigenvalue weighted by Gasteiger charge is 2.23. The standard InChI is InChI=1S/C16H22ClN3O3/c1-23-10-14(11-5-7-12(17)8-6-11)20-16(22)19-13-4-2-3-9-18-15(13)21/h5-8,13-14H,2-4,9-10H2,1H3,(H,18,21)(H2,19,20,22). The van der Waals surface area contributed by atoms with Gasteiger partial charge in [-0.05, 0) is 37.0 Å². The van der Waals surface area contributed by atoms with E-state index in [1.165, 1.54) is 0 Å². The van der Waals surface area contributed by atoms with Crippen LogP contribution in [0.4, 0.5) is 4.79 Å². The van der Waals surface area contributed by atoms with Crippen molar-refractivity contribution in [3.63, 3.8) is 0 Å². The SMILES string of the molecule is COCC(NC(=O)NC1CCCCNC1=O)c1ccc(Cl)cc1. The maximum absolute atomic E-state index is 12.2. The molecule has 0 spiro atoms. The predicted molar refractivity (Wildman–Crippen MR) is 88.4 cm³/mol. The zero-order valence-corrected chi connectivity index (χ0v) is 13.9. The fraction of sp³-hybridized carbons (Fsp3) is 0.500. The van der Waals surface area contributed by atoms with Crippen molar-refractivity contribution in [2.45, 2.75) is 31.3 Å². The van der Waals surface area contributed by atoms with E-state index < -0.39 is 6.04 Å². The lowest BCUT2D eigenvalue weighted by Gasteiger charge is -2.21.